The van der Waals surface area contributed by atoms with Crippen molar-refractivity contribution in [3.05, 3.63) is 0 Å². The first-order valence-electron chi connectivity index (χ1n) is 4.81. The molecule has 6 heteroatoms. The summed E-state index contributed by atoms with van der Waals surface area (Å²) in [7, 11) is 1.53. The summed E-state index contributed by atoms with van der Waals surface area (Å²) >= 11 is 1.89. The summed E-state index contributed by atoms with van der Waals surface area (Å²) in [6.07, 6.45) is -0.472. The number of hydrogen-bond acceptors (Lipinski definition) is 4. The molecule has 90 valence electrons. The minimum Gasteiger partial charge on any atom is -0.370 e. The van der Waals surface area contributed by atoms with Crippen LogP contribution < -0.4 is 5.73 Å². The van der Waals surface area contributed by atoms with E-state index in [1.807, 2.05) is 16.7 Å². The number of rotatable bonds is 3. The zero-order valence-electron chi connectivity index (χ0n) is 9.14. The van der Waals surface area contributed by atoms with E-state index in [-0.39, 0.29) is 24.9 Å². The van der Waals surface area contributed by atoms with Gasteiger partial charge >= 0.3 is 0 Å². The highest BCUT2D eigenvalue weighted by atomic mass is 35.5. The molecule has 2 atom stereocenters. The molecule has 2 N–H and O–H groups in total. The van der Waals surface area contributed by atoms with Crippen LogP contribution in [0.2, 0.25) is 0 Å². The van der Waals surface area contributed by atoms with Crippen LogP contribution in [0.5, 0.6) is 0 Å². The fourth-order valence-electron chi connectivity index (χ4n) is 1.54. The Labute approximate surface area is 101 Å². The largest absolute Gasteiger partial charge is 0.370 e. The Bertz CT molecular complexity index is 203. The first kappa shape index (κ1) is 15.0. The molecule has 4 nitrogen and oxygen atoms in total. The Kier molecular flexibility index (Phi) is 7.34. The second kappa shape index (κ2) is 7.33. The Morgan fingerprint density at radius 2 is 2.40 bits per heavy atom. The van der Waals surface area contributed by atoms with Crippen molar-refractivity contribution in [1.29, 1.82) is 0 Å². The molecule has 0 saturated carbocycles. The molecule has 0 aliphatic carbocycles. The molecule has 0 aromatic carbocycles. The molecule has 0 spiro atoms. The number of ether oxygens (including phenoxy) is 1. The molecule has 0 radical (unpaired) electrons. The molecular weight excluding hydrogens is 236 g/mol. The first-order chi connectivity index (χ1) is 6.70. The number of halogens is 1. The smallest absolute Gasteiger partial charge is 0.253 e. The number of nitrogens with two attached hydrogens (primary N) is 1. The Hall–Kier alpha value is 0.0300. The molecule has 1 heterocycles. The van der Waals surface area contributed by atoms with E-state index in [1.54, 1.807) is 0 Å². The van der Waals surface area contributed by atoms with Gasteiger partial charge in [-0.25, -0.2) is 0 Å². The average Bonchev–Trinajstić information content (AvgIpc) is 2.20. The lowest BCUT2D eigenvalue weighted by atomic mass is 10.2. The van der Waals surface area contributed by atoms with Crippen molar-refractivity contribution in [2.24, 2.45) is 5.73 Å². The minimum absolute atomic E-state index is 0. The summed E-state index contributed by atoms with van der Waals surface area (Å²) in [6, 6.07) is 0.297. The number of hydrogen-bond donors (Lipinski definition) is 1. The Morgan fingerprint density at radius 1 is 1.73 bits per heavy atom. The van der Waals surface area contributed by atoms with Crippen molar-refractivity contribution in [1.82, 2.24) is 4.90 Å². The fourth-order valence-corrected chi connectivity index (χ4v) is 2.55. The highest BCUT2D eigenvalue weighted by Crippen LogP contribution is 2.17. The van der Waals surface area contributed by atoms with Gasteiger partial charge < -0.3 is 15.4 Å². The van der Waals surface area contributed by atoms with E-state index >= 15 is 0 Å². The zero-order valence-corrected chi connectivity index (χ0v) is 10.8. The maximum absolute atomic E-state index is 11.9. The lowest BCUT2D eigenvalue weighted by Gasteiger charge is -2.34. The number of nitrogens with zero attached hydrogens (tertiary/aromatic N) is 1. The molecule has 2 unspecified atom stereocenters. The van der Waals surface area contributed by atoms with Crippen LogP contribution in [0, 0.1) is 0 Å². The Balaban J connectivity index is 0.00000196. The fraction of sp³-hybridized carbons (Fsp3) is 0.889. The van der Waals surface area contributed by atoms with Gasteiger partial charge in [-0.05, 0) is 6.92 Å². The third-order valence-electron chi connectivity index (χ3n) is 2.42. The summed E-state index contributed by atoms with van der Waals surface area (Å²) < 4.78 is 5.04. The molecule has 0 bridgehead atoms. The van der Waals surface area contributed by atoms with Crippen molar-refractivity contribution < 1.29 is 9.53 Å². The van der Waals surface area contributed by atoms with Crippen molar-refractivity contribution in [2.45, 2.75) is 19.1 Å². The molecule has 1 amide bonds. The van der Waals surface area contributed by atoms with Gasteiger partial charge in [-0.2, -0.15) is 11.8 Å². The lowest BCUT2D eigenvalue weighted by molar-refractivity contribution is -0.142. The molecule has 1 saturated heterocycles. The number of carbonyl (C=O) groups excluding carboxylic acids is 1. The molecule has 1 rings (SSSR count). The van der Waals surface area contributed by atoms with Crippen molar-refractivity contribution in [3.8, 4) is 0 Å². The summed E-state index contributed by atoms with van der Waals surface area (Å²) in [5, 5.41) is 0. The topological polar surface area (TPSA) is 55.6 Å². The highest BCUT2D eigenvalue weighted by Gasteiger charge is 2.28. The summed E-state index contributed by atoms with van der Waals surface area (Å²) in [5.74, 6) is 2.05. The summed E-state index contributed by atoms with van der Waals surface area (Å²) in [4.78, 5) is 13.8. The molecular formula is C9H19ClN2O2S. The maximum atomic E-state index is 11.9. The van der Waals surface area contributed by atoms with Gasteiger partial charge in [0.25, 0.3) is 5.91 Å². The van der Waals surface area contributed by atoms with Crippen LogP contribution in [0.25, 0.3) is 0 Å². The van der Waals surface area contributed by atoms with Gasteiger partial charge in [-0.1, -0.05) is 0 Å². The standard InChI is InChI=1S/C9H18N2O2S.ClH/c1-7-6-14-4-3-11(7)9(12)8(5-10)13-2;/h7-8H,3-6,10H2,1-2H3;1H. The van der Waals surface area contributed by atoms with Gasteiger partial charge in [0.05, 0.1) is 0 Å². The lowest BCUT2D eigenvalue weighted by Crippen LogP contribution is -2.51. The van der Waals surface area contributed by atoms with Gasteiger partial charge in [0.1, 0.15) is 6.10 Å². The predicted molar refractivity (Wildman–Crippen MR) is 65.6 cm³/mol. The monoisotopic (exact) mass is 254 g/mol. The van der Waals surface area contributed by atoms with Crippen LogP contribution >= 0.6 is 24.2 Å². The van der Waals surface area contributed by atoms with Gasteiger partial charge in [-0.15, -0.1) is 12.4 Å². The highest BCUT2D eigenvalue weighted by molar-refractivity contribution is 7.99. The molecule has 0 aromatic heterocycles. The predicted octanol–water partition coefficient (Wildman–Crippen LogP) is 0.346. The number of carbonyl (C=O) groups is 1. The molecule has 1 fully saturated rings. The summed E-state index contributed by atoms with van der Waals surface area (Å²) in [5.41, 5.74) is 5.46. The second-order valence-electron chi connectivity index (χ2n) is 3.42. The van der Waals surface area contributed by atoms with Crippen LogP contribution in [-0.2, 0) is 9.53 Å². The maximum Gasteiger partial charge on any atom is 0.253 e. The number of methoxy groups -OCH3 is 1. The summed E-state index contributed by atoms with van der Waals surface area (Å²) in [6.45, 7) is 3.13. The van der Waals surface area contributed by atoms with E-state index in [0.717, 1.165) is 18.1 Å². The second-order valence-corrected chi connectivity index (χ2v) is 4.57. The number of amides is 1. The third-order valence-corrected chi connectivity index (χ3v) is 3.61. The van der Waals surface area contributed by atoms with E-state index in [2.05, 4.69) is 6.92 Å². The van der Waals surface area contributed by atoms with Crippen molar-refractivity contribution >= 4 is 30.1 Å². The quantitative estimate of drug-likeness (QED) is 0.790. The van der Waals surface area contributed by atoms with Crippen LogP contribution in [0.3, 0.4) is 0 Å². The molecule has 15 heavy (non-hydrogen) atoms. The Morgan fingerprint density at radius 3 is 2.87 bits per heavy atom. The SMILES string of the molecule is COC(CN)C(=O)N1CCSCC1C.Cl. The van der Waals surface area contributed by atoms with E-state index < -0.39 is 6.10 Å². The molecule has 1 aliphatic rings. The zero-order chi connectivity index (χ0) is 10.6. The van der Waals surface area contributed by atoms with Gasteiger partial charge in [-0.3, -0.25) is 4.79 Å². The molecule has 0 aromatic rings. The first-order valence-corrected chi connectivity index (χ1v) is 5.97. The van der Waals surface area contributed by atoms with Crippen LogP contribution in [0.15, 0.2) is 0 Å². The van der Waals surface area contributed by atoms with E-state index in [0.29, 0.717) is 6.04 Å². The third kappa shape index (κ3) is 3.83. The molecule has 1 aliphatic heterocycles. The van der Waals surface area contributed by atoms with Crippen molar-refractivity contribution in [3.63, 3.8) is 0 Å². The van der Waals surface area contributed by atoms with Gasteiger partial charge in [0, 0.05) is 37.7 Å². The van der Waals surface area contributed by atoms with E-state index in [9.17, 15) is 4.79 Å². The van der Waals surface area contributed by atoms with Crippen molar-refractivity contribution in [2.75, 3.05) is 31.7 Å². The van der Waals surface area contributed by atoms with Gasteiger partial charge in [0.2, 0.25) is 0 Å². The van der Waals surface area contributed by atoms with E-state index in [1.165, 1.54) is 7.11 Å². The minimum atomic E-state index is -0.472. The van der Waals surface area contributed by atoms with Gasteiger partial charge in [0.15, 0.2) is 0 Å². The van der Waals surface area contributed by atoms with Crippen LogP contribution in [0.4, 0.5) is 0 Å². The van der Waals surface area contributed by atoms with E-state index in [4.69, 9.17) is 10.5 Å². The van der Waals surface area contributed by atoms with Crippen LogP contribution in [-0.4, -0.2) is 54.7 Å². The number of thioether (sulfide) groups is 1. The van der Waals surface area contributed by atoms with Crippen LogP contribution in [0.1, 0.15) is 6.92 Å². The normalized spacial score (nSPS) is 23.1. The average molecular weight is 255 g/mol.